The number of nitrogens with zero attached hydrogens (tertiary/aromatic N) is 2. The molecular weight excluding hydrogens is 282 g/mol. The summed E-state index contributed by atoms with van der Waals surface area (Å²) in [7, 11) is 0. The summed E-state index contributed by atoms with van der Waals surface area (Å²) >= 11 is 6.23. The number of benzene rings is 2. The predicted octanol–water partition coefficient (Wildman–Crippen LogP) is 4.89. The van der Waals surface area contributed by atoms with Crippen LogP contribution < -0.4 is 5.32 Å². The van der Waals surface area contributed by atoms with Crippen LogP contribution in [0.4, 0.5) is 11.6 Å². The summed E-state index contributed by atoms with van der Waals surface area (Å²) in [6.45, 7) is 3.99. The maximum absolute atomic E-state index is 6.23. The van der Waals surface area contributed by atoms with E-state index in [2.05, 4.69) is 10.3 Å². The molecule has 0 aliphatic rings. The van der Waals surface area contributed by atoms with Crippen LogP contribution in [0.1, 0.15) is 11.3 Å². The van der Waals surface area contributed by atoms with Crippen LogP contribution in [0.5, 0.6) is 0 Å². The molecule has 0 unspecified atom stereocenters. The average Bonchev–Trinajstić information content (AvgIpc) is 2.83. The van der Waals surface area contributed by atoms with Crippen molar-refractivity contribution >= 4 is 23.2 Å². The Morgan fingerprint density at radius 3 is 2.52 bits per heavy atom. The molecule has 0 spiro atoms. The minimum atomic E-state index is 0.754. The molecule has 1 N–H and O–H groups in total. The number of nitrogens with one attached hydrogen (secondary N) is 1. The van der Waals surface area contributed by atoms with Gasteiger partial charge in [-0.3, -0.25) is 4.57 Å². The Kier molecular flexibility index (Phi) is 3.67. The number of halogens is 1. The largest absolute Gasteiger partial charge is 0.325 e. The number of aromatic nitrogens is 2. The highest BCUT2D eigenvalue weighted by atomic mass is 35.5. The fourth-order valence-corrected chi connectivity index (χ4v) is 2.45. The first-order chi connectivity index (χ1) is 10.1. The molecule has 0 aliphatic heterocycles. The lowest BCUT2D eigenvalue weighted by Gasteiger charge is -2.12. The smallest absolute Gasteiger partial charge is 0.212 e. The van der Waals surface area contributed by atoms with Crippen LogP contribution in [0.25, 0.3) is 5.69 Å². The van der Waals surface area contributed by atoms with Crippen molar-refractivity contribution in [3.63, 3.8) is 0 Å². The van der Waals surface area contributed by atoms with Gasteiger partial charge in [-0.15, -0.1) is 0 Å². The quantitative estimate of drug-likeness (QED) is 0.746. The Labute approximate surface area is 129 Å². The van der Waals surface area contributed by atoms with E-state index in [9.17, 15) is 0 Å². The summed E-state index contributed by atoms with van der Waals surface area (Å²) in [6, 6.07) is 15.9. The number of para-hydroxylation sites is 1. The first-order valence-corrected chi connectivity index (χ1v) is 7.16. The maximum Gasteiger partial charge on any atom is 0.212 e. The van der Waals surface area contributed by atoms with Crippen LogP contribution >= 0.6 is 11.6 Å². The third-order valence-electron chi connectivity index (χ3n) is 3.35. The molecule has 0 aliphatic carbocycles. The monoisotopic (exact) mass is 297 g/mol. The van der Waals surface area contributed by atoms with Gasteiger partial charge in [-0.05, 0) is 43.7 Å². The summed E-state index contributed by atoms with van der Waals surface area (Å²) in [4.78, 5) is 4.56. The Morgan fingerprint density at radius 2 is 1.76 bits per heavy atom. The Morgan fingerprint density at radius 1 is 1.00 bits per heavy atom. The van der Waals surface area contributed by atoms with Gasteiger partial charge >= 0.3 is 0 Å². The van der Waals surface area contributed by atoms with Gasteiger partial charge in [0.05, 0.1) is 11.4 Å². The Bertz CT molecular complexity index is 763. The van der Waals surface area contributed by atoms with Crippen LogP contribution in [0.3, 0.4) is 0 Å². The third kappa shape index (κ3) is 2.78. The van der Waals surface area contributed by atoms with Gasteiger partial charge in [-0.25, -0.2) is 4.98 Å². The van der Waals surface area contributed by atoms with Gasteiger partial charge < -0.3 is 5.32 Å². The van der Waals surface area contributed by atoms with Crippen LogP contribution in [-0.2, 0) is 0 Å². The van der Waals surface area contributed by atoms with Crippen molar-refractivity contribution in [3.8, 4) is 5.69 Å². The van der Waals surface area contributed by atoms with Crippen molar-refractivity contribution < 1.29 is 0 Å². The van der Waals surface area contributed by atoms with E-state index in [0.717, 1.165) is 33.6 Å². The molecule has 3 aromatic rings. The van der Waals surface area contributed by atoms with Gasteiger partial charge in [-0.2, -0.15) is 0 Å². The molecule has 3 nitrogen and oxygen atoms in total. The van der Waals surface area contributed by atoms with E-state index in [4.69, 9.17) is 11.6 Å². The highest BCUT2D eigenvalue weighted by molar-refractivity contribution is 6.31. The van der Waals surface area contributed by atoms with Crippen molar-refractivity contribution in [1.29, 1.82) is 0 Å². The van der Waals surface area contributed by atoms with Crippen LogP contribution in [0, 0.1) is 13.8 Å². The van der Waals surface area contributed by atoms with Gasteiger partial charge in [-0.1, -0.05) is 35.9 Å². The van der Waals surface area contributed by atoms with E-state index in [1.165, 1.54) is 0 Å². The lowest BCUT2D eigenvalue weighted by molar-refractivity contribution is 1.05. The summed E-state index contributed by atoms with van der Waals surface area (Å²) in [5, 5.41) is 4.10. The fourth-order valence-electron chi connectivity index (χ4n) is 2.28. The summed E-state index contributed by atoms with van der Waals surface area (Å²) < 4.78 is 2.03. The highest BCUT2D eigenvalue weighted by Gasteiger charge is 2.11. The second-order valence-corrected chi connectivity index (χ2v) is 5.36. The fraction of sp³-hybridized carbons (Fsp3) is 0.118. The van der Waals surface area contributed by atoms with E-state index in [1.807, 2.05) is 73.1 Å². The zero-order valence-corrected chi connectivity index (χ0v) is 12.7. The second kappa shape index (κ2) is 5.62. The van der Waals surface area contributed by atoms with E-state index < -0.39 is 0 Å². The second-order valence-electron chi connectivity index (χ2n) is 4.95. The minimum absolute atomic E-state index is 0.754. The van der Waals surface area contributed by atoms with Gasteiger partial charge in [0.2, 0.25) is 5.95 Å². The summed E-state index contributed by atoms with van der Waals surface area (Å²) in [5.41, 5.74) is 4.02. The predicted molar refractivity (Wildman–Crippen MR) is 87.8 cm³/mol. The molecule has 1 aromatic heterocycles. The number of rotatable bonds is 3. The van der Waals surface area contributed by atoms with Crippen LogP contribution in [-0.4, -0.2) is 9.55 Å². The van der Waals surface area contributed by atoms with E-state index in [-0.39, 0.29) is 0 Å². The van der Waals surface area contributed by atoms with Gasteiger partial charge in [0.25, 0.3) is 0 Å². The minimum Gasteiger partial charge on any atom is -0.325 e. The lowest BCUT2D eigenvalue weighted by atomic mass is 10.2. The molecule has 0 fully saturated rings. The van der Waals surface area contributed by atoms with E-state index >= 15 is 0 Å². The SMILES string of the molecule is Cc1cn(-c2cccc(Cl)c2C)c(Nc2ccccc2)n1. The molecule has 2 aromatic carbocycles. The lowest BCUT2D eigenvalue weighted by Crippen LogP contribution is -2.02. The molecular formula is C17H16ClN3. The molecule has 3 rings (SSSR count). The molecule has 4 heteroatoms. The van der Waals surface area contributed by atoms with Crippen molar-refractivity contribution in [2.24, 2.45) is 0 Å². The summed E-state index contributed by atoms with van der Waals surface area (Å²) in [6.07, 6.45) is 2.00. The highest BCUT2D eigenvalue weighted by Crippen LogP contribution is 2.26. The zero-order chi connectivity index (χ0) is 14.8. The molecule has 0 radical (unpaired) electrons. The molecule has 0 atom stereocenters. The third-order valence-corrected chi connectivity index (χ3v) is 3.76. The first kappa shape index (κ1) is 13.7. The molecule has 21 heavy (non-hydrogen) atoms. The van der Waals surface area contributed by atoms with Gasteiger partial charge in [0.1, 0.15) is 0 Å². The van der Waals surface area contributed by atoms with E-state index in [1.54, 1.807) is 0 Å². The molecule has 0 saturated heterocycles. The number of anilines is 2. The summed E-state index contributed by atoms with van der Waals surface area (Å²) in [5.74, 6) is 0.782. The van der Waals surface area contributed by atoms with Crippen LogP contribution in [0.15, 0.2) is 54.7 Å². The van der Waals surface area contributed by atoms with Gasteiger partial charge in [0, 0.05) is 16.9 Å². The van der Waals surface area contributed by atoms with E-state index in [0.29, 0.717) is 0 Å². The number of imidazole rings is 1. The average molecular weight is 298 g/mol. The standard InChI is InChI=1S/C17H16ClN3/c1-12-11-21(16-10-6-9-15(18)13(16)2)17(19-12)20-14-7-4-3-5-8-14/h3-11H,1-2H3,(H,19,20). The van der Waals surface area contributed by atoms with Crippen molar-refractivity contribution in [3.05, 3.63) is 71.0 Å². The number of hydrogen-bond donors (Lipinski definition) is 1. The van der Waals surface area contributed by atoms with Crippen molar-refractivity contribution in [2.45, 2.75) is 13.8 Å². The molecule has 0 amide bonds. The molecule has 0 bridgehead atoms. The molecule has 0 saturated carbocycles. The Hall–Kier alpha value is -2.26. The van der Waals surface area contributed by atoms with Crippen molar-refractivity contribution in [1.82, 2.24) is 9.55 Å². The molecule has 1 heterocycles. The topological polar surface area (TPSA) is 29.9 Å². The molecule has 106 valence electrons. The van der Waals surface area contributed by atoms with Crippen molar-refractivity contribution in [2.75, 3.05) is 5.32 Å². The zero-order valence-electron chi connectivity index (χ0n) is 12.0. The normalized spacial score (nSPS) is 10.6. The maximum atomic E-state index is 6.23. The van der Waals surface area contributed by atoms with Gasteiger partial charge in [0.15, 0.2) is 0 Å². The van der Waals surface area contributed by atoms with Crippen LogP contribution in [0.2, 0.25) is 5.02 Å². The Balaban J connectivity index is 2.06. The number of aryl methyl sites for hydroxylation is 1. The first-order valence-electron chi connectivity index (χ1n) is 6.78. The number of hydrogen-bond acceptors (Lipinski definition) is 2.